The molecule has 0 aliphatic heterocycles. The highest BCUT2D eigenvalue weighted by atomic mass is 16.5. The van der Waals surface area contributed by atoms with E-state index in [9.17, 15) is 4.79 Å². The fourth-order valence-electron chi connectivity index (χ4n) is 1.90. The van der Waals surface area contributed by atoms with Gasteiger partial charge >= 0.3 is 5.97 Å². The number of rotatable bonds is 4. The molecule has 0 aliphatic carbocycles. The van der Waals surface area contributed by atoms with Crippen LogP contribution >= 0.6 is 0 Å². The van der Waals surface area contributed by atoms with Gasteiger partial charge in [-0.3, -0.25) is 0 Å². The zero-order valence-electron chi connectivity index (χ0n) is 10.6. The highest BCUT2D eigenvalue weighted by Gasteiger charge is 2.16. The third-order valence-corrected chi connectivity index (χ3v) is 2.97. The summed E-state index contributed by atoms with van der Waals surface area (Å²) < 4.78 is 5.45. The number of H-pyrrole nitrogens is 1. The predicted molar refractivity (Wildman–Crippen MR) is 70.4 cm³/mol. The summed E-state index contributed by atoms with van der Waals surface area (Å²) in [5, 5.41) is 0. The maximum Gasteiger partial charge on any atom is 0.355 e. The SMILES string of the molecule is CCc1cc[nH]c1C(=O)O[C@@H](C)c1ccccc1. The summed E-state index contributed by atoms with van der Waals surface area (Å²) >= 11 is 0. The van der Waals surface area contributed by atoms with Crippen LogP contribution in [0.5, 0.6) is 0 Å². The van der Waals surface area contributed by atoms with Crippen LogP contribution in [0.1, 0.15) is 41.6 Å². The zero-order valence-corrected chi connectivity index (χ0v) is 10.6. The minimum Gasteiger partial charge on any atom is -0.453 e. The van der Waals surface area contributed by atoms with Gasteiger partial charge in [0, 0.05) is 6.20 Å². The Labute approximate surface area is 107 Å². The Bertz CT molecular complexity index is 516. The van der Waals surface area contributed by atoms with Crippen LogP contribution in [0.25, 0.3) is 0 Å². The van der Waals surface area contributed by atoms with Crippen molar-refractivity contribution < 1.29 is 9.53 Å². The van der Waals surface area contributed by atoms with Crippen LogP contribution in [0.3, 0.4) is 0 Å². The number of ether oxygens (including phenoxy) is 1. The number of benzene rings is 1. The molecule has 0 saturated carbocycles. The van der Waals surface area contributed by atoms with E-state index in [1.54, 1.807) is 6.20 Å². The topological polar surface area (TPSA) is 42.1 Å². The van der Waals surface area contributed by atoms with Crippen molar-refractivity contribution in [1.29, 1.82) is 0 Å². The largest absolute Gasteiger partial charge is 0.453 e. The molecule has 0 fully saturated rings. The maximum absolute atomic E-state index is 12.0. The molecule has 2 rings (SSSR count). The van der Waals surface area contributed by atoms with E-state index in [4.69, 9.17) is 4.74 Å². The monoisotopic (exact) mass is 243 g/mol. The van der Waals surface area contributed by atoms with E-state index < -0.39 is 0 Å². The highest BCUT2D eigenvalue weighted by molar-refractivity contribution is 5.89. The summed E-state index contributed by atoms with van der Waals surface area (Å²) in [6, 6.07) is 11.6. The van der Waals surface area contributed by atoms with E-state index in [2.05, 4.69) is 4.98 Å². The number of nitrogens with one attached hydrogen (secondary N) is 1. The summed E-state index contributed by atoms with van der Waals surface area (Å²) in [5.74, 6) is -0.298. The fourth-order valence-corrected chi connectivity index (χ4v) is 1.90. The molecular weight excluding hydrogens is 226 g/mol. The molecule has 0 spiro atoms. The number of carbonyl (C=O) groups excluding carboxylic acids is 1. The first-order valence-electron chi connectivity index (χ1n) is 6.14. The van der Waals surface area contributed by atoms with Gasteiger partial charge in [-0.2, -0.15) is 0 Å². The summed E-state index contributed by atoms with van der Waals surface area (Å²) in [6.07, 6.45) is 2.34. The molecule has 0 amide bonds. The molecule has 0 aliphatic rings. The fraction of sp³-hybridized carbons (Fsp3) is 0.267. The Morgan fingerprint density at radius 1 is 1.28 bits per heavy atom. The smallest absolute Gasteiger partial charge is 0.355 e. The van der Waals surface area contributed by atoms with E-state index in [1.807, 2.05) is 50.2 Å². The molecule has 0 radical (unpaired) electrons. The van der Waals surface area contributed by atoms with Gasteiger partial charge in [-0.25, -0.2) is 4.79 Å². The second kappa shape index (κ2) is 5.54. The van der Waals surface area contributed by atoms with E-state index >= 15 is 0 Å². The van der Waals surface area contributed by atoms with E-state index in [0.717, 1.165) is 17.5 Å². The molecule has 1 aromatic heterocycles. The molecule has 0 unspecified atom stereocenters. The van der Waals surface area contributed by atoms with Crippen LogP contribution in [0.2, 0.25) is 0 Å². The van der Waals surface area contributed by atoms with Crippen molar-refractivity contribution in [3.8, 4) is 0 Å². The number of aromatic amines is 1. The van der Waals surface area contributed by atoms with Gasteiger partial charge in [-0.15, -0.1) is 0 Å². The number of esters is 1. The van der Waals surface area contributed by atoms with Gasteiger partial charge in [-0.05, 0) is 30.5 Å². The number of aromatic nitrogens is 1. The van der Waals surface area contributed by atoms with E-state index in [0.29, 0.717) is 5.69 Å². The second-order valence-corrected chi connectivity index (χ2v) is 4.19. The lowest BCUT2D eigenvalue weighted by atomic mass is 10.1. The molecule has 1 N–H and O–H groups in total. The maximum atomic E-state index is 12.0. The van der Waals surface area contributed by atoms with Crippen LogP contribution in [-0.2, 0) is 11.2 Å². The quantitative estimate of drug-likeness (QED) is 0.835. The van der Waals surface area contributed by atoms with Gasteiger partial charge < -0.3 is 9.72 Å². The van der Waals surface area contributed by atoms with Gasteiger partial charge in [0.2, 0.25) is 0 Å². The van der Waals surface area contributed by atoms with Crippen LogP contribution < -0.4 is 0 Å². The Morgan fingerprint density at radius 3 is 2.67 bits per heavy atom. The normalized spacial score (nSPS) is 12.1. The van der Waals surface area contributed by atoms with Crippen molar-refractivity contribution in [2.75, 3.05) is 0 Å². The summed E-state index contributed by atoms with van der Waals surface area (Å²) in [6.45, 7) is 3.89. The van der Waals surface area contributed by atoms with Gasteiger partial charge in [0.1, 0.15) is 11.8 Å². The van der Waals surface area contributed by atoms with Gasteiger partial charge in [0.25, 0.3) is 0 Å². The van der Waals surface area contributed by atoms with Gasteiger partial charge in [0.05, 0.1) is 0 Å². The van der Waals surface area contributed by atoms with E-state index in [-0.39, 0.29) is 12.1 Å². The molecule has 3 nitrogen and oxygen atoms in total. The summed E-state index contributed by atoms with van der Waals surface area (Å²) in [4.78, 5) is 15.0. The van der Waals surface area contributed by atoms with Crippen LogP contribution in [0.4, 0.5) is 0 Å². The molecule has 1 aromatic carbocycles. The predicted octanol–water partition coefficient (Wildman–Crippen LogP) is 3.50. The average Bonchev–Trinajstić information content (AvgIpc) is 2.88. The standard InChI is InChI=1S/C15H17NO2/c1-3-12-9-10-16-14(12)15(17)18-11(2)13-7-5-4-6-8-13/h4-11,16H,3H2,1-2H3/t11-/m0/s1. The molecule has 1 atom stereocenters. The minimum absolute atomic E-state index is 0.244. The Hall–Kier alpha value is -2.03. The van der Waals surface area contributed by atoms with Crippen molar-refractivity contribution in [1.82, 2.24) is 4.98 Å². The second-order valence-electron chi connectivity index (χ2n) is 4.19. The molecule has 0 saturated heterocycles. The summed E-state index contributed by atoms with van der Waals surface area (Å²) in [7, 11) is 0. The Balaban J connectivity index is 2.08. The Kier molecular flexibility index (Phi) is 3.82. The first kappa shape index (κ1) is 12.4. The molecule has 1 heterocycles. The lowest BCUT2D eigenvalue weighted by Crippen LogP contribution is -2.11. The number of carbonyl (C=O) groups is 1. The molecular formula is C15H17NO2. The van der Waals surface area contributed by atoms with Crippen LogP contribution in [-0.4, -0.2) is 11.0 Å². The Morgan fingerprint density at radius 2 is 2.00 bits per heavy atom. The van der Waals surface area contributed by atoms with Gasteiger partial charge in [0.15, 0.2) is 0 Å². The molecule has 18 heavy (non-hydrogen) atoms. The first-order valence-corrected chi connectivity index (χ1v) is 6.14. The molecule has 3 heteroatoms. The highest BCUT2D eigenvalue weighted by Crippen LogP contribution is 2.19. The van der Waals surface area contributed by atoms with E-state index in [1.165, 1.54) is 0 Å². The molecule has 94 valence electrons. The van der Waals surface area contributed by atoms with Crippen molar-refractivity contribution in [3.63, 3.8) is 0 Å². The third kappa shape index (κ3) is 2.62. The van der Waals surface area contributed by atoms with Crippen molar-refractivity contribution in [2.45, 2.75) is 26.4 Å². The average molecular weight is 243 g/mol. The van der Waals surface area contributed by atoms with Crippen LogP contribution in [0, 0.1) is 0 Å². The lowest BCUT2D eigenvalue weighted by Gasteiger charge is -2.13. The minimum atomic E-state index is -0.298. The number of aryl methyl sites for hydroxylation is 1. The zero-order chi connectivity index (χ0) is 13.0. The number of hydrogen-bond acceptors (Lipinski definition) is 2. The lowest BCUT2D eigenvalue weighted by molar-refractivity contribution is 0.0330. The van der Waals surface area contributed by atoms with Crippen molar-refractivity contribution >= 4 is 5.97 Å². The van der Waals surface area contributed by atoms with Gasteiger partial charge in [-0.1, -0.05) is 37.3 Å². The van der Waals surface area contributed by atoms with Crippen LogP contribution in [0.15, 0.2) is 42.6 Å². The molecule has 0 bridgehead atoms. The number of hydrogen-bond donors (Lipinski definition) is 1. The third-order valence-electron chi connectivity index (χ3n) is 2.97. The van der Waals surface area contributed by atoms with Crippen molar-refractivity contribution in [3.05, 3.63) is 59.4 Å². The first-order chi connectivity index (χ1) is 8.72. The summed E-state index contributed by atoms with van der Waals surface area (Å²) in [5.41, 5.74) is 2.54. The molecule has 2 aromatic rings. The van der Waals surface area contributed by atoms with Crippen molar-refractivity contribution in [2.24, 2.45) is 0 Å².